The van der Waals surface area contributed by atoms with Crippen molar-refractivity contribution in [3.8, 4) is 5.75 Å². The lowest BCUT2D eigenvalue weighted by Crippen LogP contribution is -2.09. The van der Waals surface area contributed by atoms with E-state index in [0.29, 0.717) is 5.75 Å². The third-order valence-corrected chi connectivity index (χ3v) is 4.36. The maximum Gasteiger partial charge on any atom is 0.131 e. The fourth-order valence-corrected chi connectivity index (χ4v) is 3.52. The fraction of sp³-hybridized carbons (Fsp3) is 0.250. The number of hydrogen-bond acceptors (Lipinski definition) is 2. The van der Waals surface area contributed by atoms with Crippen LogP contribution in [0.2, 0.25) is 0 Å². The van der Waals surface area contributed by atoms with Crippen LogP contribution in [-0.2, 0) is 4.74 Å². The van der Waals surface area contributed by atoms with Crippen LogP contribution in [0.1, 0.15) is 25.0 Å². The minimum Gasteiger partial charge on any atom is -0.507 e. The second kappa shape index (κ2) is 2.72. The van der Waals surface area contributed by atoms with E-state index in [1.807, 2.05) is 12.1 Å². The molecular weight excluding hydrogens is 224 g/mol. The van der Waals surface area contributed by atoms with Gasteiger partial charge in [-0.3, -0.25) is 0 Å². The Hall–Kier alpha value is -1.96. The minimum absolute atomic E-state index is 0.0169. The van der Waals surface area contributed by atoms with Crippen molar-refractivity contribution in [3.63, 3.8) is 0 Å². The summed E-state index contributed by atoms with van der Waals surface area (Å²) in [6.07, 6.45) is 2.20. The molecule has 2 heteroatoms. The van der Waals surface area contributed by atoms with Crippen LogP contribution >= 0.6 is 0 Å². The number of benzene rings is 1. The van der Waals surface area contributed by atoms with Crippen LogP contribution in [0.15, 0.2) is 41.2 Å². The van der Waals surface area contributed by atoms with E-state index in [0.717, 1.165) is 22.5 Å². The van der Waals surface area contributed by atoms with Gasteiger partial charge < -0.3 is 9.84 Å². The number of allylic oxidation sites excluding steroid dienone is 5. The minimum atomic E-state index is -0.0169. The molecule has 2 nitrogen and oxygen atoms in total. The SMILES string of the molecule is COC1=C2C=C3C(=C1c1ccc3cc1O)C2(C)C. The molecule has 4 aliphatic rings. The maximum atomic E-state index is 10.2. The first-order valence-electron chi connectivity index (χ1n) is 6.15. The van der Waals surface area contributed by atoms with Crippen molar-refractivity contribution in [1.82, 2.24) is 0 Å². The van der Waals surface area contributed by atoms with Gasteiger partial charge in [-0.2, -0.15) is 0 Å². The van der Waals surface area contributed by atoms with Gasteiger partial charge in [-0.1, -0.05) is 19.9 Å². The highest BCUT2D eigenvalue weighted by molar-refractivity contribution is 6.07. The van der Waals surface area contributed by atoms with Crippen molar-refractivity contribution in [2.75, 3.05) is 7.11 Å². The second-order valence-corrected chi connectivity index (χ2v) is 5.61. The Morgan fingerprint density at radius 2 is 2.00 bits per heavy atom. The maximum absolute atomic E-state index is 10.2. The van der Waals surface area contributed by atoms with Gasteiger partial charge in [0.15, 0.2) is 0 Å². The highest BCUT2D eigenvalue weighted by atomic mass is 16.5. The number of phenols is 1. The molecule has 90 valence electrons. The molecule has 0 unspecified atom stereocenters. The van der Waals surface area contributed by atoms with Gasteiger partial charge in [0.2, 0.25) is 0 Å². The first-order valence-corrected chi connectivity index (χ1v) is 6.15. The predicted octanol–water partition coefficient (Wildman–Crippen LogP) is 3.50. The molecule has 18 heavy (non-hydrogen) atoms. The van der Waals surface area contributed by atoms with Gasteiger partial charge in [-0.25, -0.2) is 0 Å². The molecule has 0 spiro atoms. The summed E-state index contributed by atoms with van der Waals surface area (Å²) in [6, 6.07) is 5.92. The first-order chi connectivity index (χ1) is 8.55. The summed E-state index contributed by atoms with van der Waals surface area (Å²) in [6.45, 7) is 4.44. The number of rotatable bonds is 1. The van der Waals surface area contributed by atoms with Crippen LogP contribution in [0.3, 0.4) is 0 Å². The third-order valence-electron chi connectivity index (χ3n) is 4.36. The molecule has 0 aromatic heterocycles. The largest absolute Gasteiger partial charge is 0.507 e. The van der Waals surface area contributed by atoms with Gasteiger partial charge in [0.1, 0.15) is 11.5 Å². The van der Waals surface area contributed by atoms with E-state index in [2.05, 4.69) is 26.0 Å². The standard InChI is InChI=1S/C16H14O2/c1-16(2)11-7-10-8-4-5-9(12(17)6-8)13(14(10)16)15(11)18-3/h4-7,17H,1-3H3. The molecule has 0 atom stereocenters. The van der Waals surface area contributed by atoms with Crippen molar-refractivity contribution in [2.24, 2.45) is 5.41 Å². The molecule has 1 aromatic rings. The molecular formula is C16H14O2. The Kier molecular flexibility index (Phi) is 1.51. The molecule has 1 aromatic carbocycles. The van der Waals surface area contributed by atoms with Crippen molar-refractivity contribution in [1.29, 1.82) is 0 Å². The van der Waals surface area contributed by atoms with E-state index in [4.69, 9.17) is 4.74 Å². The highest BCUT2D eigenvalue weighted by Gasteiger charge is 2.48. The van der Waals surface area contributed by atoms with E-state index in [1.54, 1.807) is 7.11 Å². The Morgan fingerprint density at radius 1 is 1.22 bits per heavy atom. The lowest BCUT2D eigenvalue weighted by atomic mass is 9.83. The third kappa shape index (κ3) is 0.849. The van der Waals surface area contributed by atoms with E-state index in [-0.39, 0.29) is 5.41 Å². The Morgan fingerprint density at radius 3 is 2.67 bits per heavy atom. The Bertz CT molecular complexity index is 700. The Labute approximate surface area is 106 Å². The van der Waals surface area contributed by atoms with Crippen LogP contribution in [0.5, 0.6) is 5.75 Å². The van der Waals surface area contributed by atoms with Gasteiger partial charge in [-0.05, 0) is 34.9 Å². The zero-order valence-corrected chi connectivity index (χ0v) is 10.7. The normalized spacial score (nSPS) is 21.6. The molecule has 0 fully saturated rings. The number of hydrogen-bond donors (Lipinski definition) is 1. The number of methoxy groups -OCH3 is 1. The quantitative estimate of drug-likeness (QED) is 0.811. The molecule has 0 radical (unpaired) electrons. The smallest absolute Gasteiger partial charge is 0.131 e. The molecule has 1 N–H and O–H groups in total. The van der Waals surface area contributed by atoms with Gasteiger partial charge in [0, 0.05) is 22.1 Å². The molecule has 0 amide bonds. The molecule has 0 saturated carbocycles. The van der Waals surface area contributed by atoms with Crippen molar-refractivity contribution >= 4 is 11.1 Å². The zero-order valence-electron chi connectivity index (χ0n) is 10.7. The van der Waals surface area contributed by atoms with Crippen molar-refractivity contribution < 1.29 is 9.84 Å². The highest BCUT2D eigenvalue weighted by Crippen LogP contribution is 2.63. The average Bonchev–Trinajstić information content (AvgIpc) is 2.63. The molecule has 4 aliphatic carbocycles. The molecule has 5 rings (SSSR count). The molecule has 0 aliphatic heterocycles. The summed E-state index contributed by atoms with van der Waals surface area (Å²) >= 11 is 0. The van der Waals surface area contributed by atoms with Crippen molar-refractivity contribution in [3.05, 3.63) is 52.3 Å². The van der Waals surface area contributed by atoms with Gasteiger partial charge in [-0.15, -0.1) is 0 Å². The molecule has 0 saturated heterocycles. The first kappa shape index (κ1) is 10.0. The van der Waals surface area contributed by atoms with Crippen LogP contribution in [0, 0.1) is 5.41 Å². The summed E-state index contributed by atoms with van der Waals surface area (Å²) in [5.41, 5.74) is 6.80. The lowest BCUT2D eigenvalue weighted by molar-refractivity contribution is 0.305. The van der Waals surface area contributed by atoms with Crippen LogP contribution < -0.4 is 0 Å². The van der Waals surface area contributed by atoms with E-state index in [9.17, 15) is 5.11 Å². The number of phenolic OH excluding ortho intramolecular Hbond substituents is 1. The average molecular weight is 238 g/mol. The Balaban J connectivity index is 2.19. The van der Waals surface area contributed by atoms with Gasteiger partial charge in [0.25, 0.3) is 0 Å². The fourth-order valence-electron chi connectivity index (χ4n) is 3.52. The number of ether oxygens (including phenoxy) is 1. The zero-order chi connectivity index (χ0) is 12.7. The monoisotopic (exact) mass is 238 g/mol. The second-order valence-electron chi connectivity index (χ2n) is 5.61. The van der Waals surface area contributed by atoms with Gasteiger partial charge >= 0.3 is 0 Å². The molecule has 4 bridgehead atoms. The van der Waals surface area contributed by atoms with E-state index in [1.165, 1.54) is 16.7 Å². The summed E-state index contributed by atoms with van der Waals surface area (Å²) in [5.74, 6) is 1.26. The van der Waals surface area contributed by atoms with Crippen LogP contribution in [0.25, 0.3) is 11.1 Å². The summed E-state index contributed by atoms with van der Waals surface area (Å²) in [7, 11) is 1.70. The van der Waals surface area contributed by atoms with Gasteiger partial charge in [0.05, 0.1) is 7.11 Å². The predicted molar refractivity (Wildman–Crippen MR) is 70.8 cm³/mol. The molecule has 0 heterocycles. The summed E-state index contributed by atoms with van der Waals surface area (Å²) in [4.78, 5) is 0. The van der Waals surface area contributed by atoms with Crippen LogP contribution in [-0.4, -0.2) is 12.2 Å². The van der Waals surface area contributed by atoms with E-state index < -0.39 is 0 Å². The summed E-state index contributed by atoms with van der Waals surface area (Å²) in [5, 5.41) is 10.2. The lowest BCUT2D eigenvalue weighted by Gasteiger charge is -2.19. The number of aromatic hydroxyl groups is 1. The van der Waals surface area contributed by atoms with Crippen LogP contribution in [0.4, 0.5) is 0 Å². The summed E-state index contributed by atoms with van der Waals surface area (Å²) < 4.78 is 5.60. The van der Waals surface area contributed by atoms with Crippen molar-refractivity contribution in [2.45, 2.75) is 13.8 Å². The van der Waals surface area contributed by atoms with E-state index >= 15 is 0 Å². The topological polar surface area (TPSA) is 29.5 Å². The number of fused-ring (bicyclic) bond motifs is 3.